The fourth-order valence-electron chi connectivity index (χ4n) is 4.28. The van der Waals surface area contributed by atoms with E-state index in [0.717, 1.165) is 50.0 Å². The molecule has 1 aromatic heterocycles. The van der Waals surface area contributed by atoms with Crippen LogP contribution in [0, 0.1) is 5.82 Å². The normalized spacial score (nSPS) is 15.0. The summed E-state index contributed by atoms with van der Waals surface area (Å²) >= 11 is 0. The van der Waals surface area contributed by atoms with E-state index in [9.17, 15) is 14.0 Å². The Morgan fingerprint density at radius 1 is 1.18 bits per heavy atom. The van der Waals surface area contributed by atoms with Gasteiger partial charge in [0.05, 0.1) is 12.3 Å². The number of carbonyl (C=O) groups excluding carboxylic acids is 2. The molecule has 1 aliphatic rings. The van der Waals surface area contributed by atoms with Crippen LogP contribution in [0.3, 0.4) is 0 Å². The van der Waals surface area contributed by atoms with Gasteiger partial charge in [0.25, 0.3) is 0 Å². The Morgan fingerprint density at radius 3 is 2.70 bits per heavy atom. The molecule has 1 N–H and O–H groups in total. The molecule has 2 aromatic carbocycles. The predicted molar refractivity (Wildman–Crippen MR) is 123 cm³/mol. The number of amides is 1. The number of anilines is 1. The lowest BCUT2D eigenvalue weighted by Gasteiger charge is -2.30. The van der Waals surface area contributed by atoms with E-state index in [2.05, 4.69) is 15.4 Å². The number of hydrogen-bond donors (Lipinski definition) is 1. The maximum Gasteiger partial charge on any atom is 0.221 e. The number of hydrogen-bond acceptors (Lipinski definition) is 6. The van der Waals surface area contributed by atoms with Gasteiger partial charge in [0.15, 0.2) is 5.78 Å². The monoisotopic (exact) mass is 453 g/mol. The van der Waals surface area contributed by atoms with E-state index in [1.165, 1.54) is 26.0 Å². The zero-order valence-corrected chi connectivity index (χ0v) is 18.9. The third-order valence-corrected chi connectivity index (χ3v) is 6.00. The molecule has 1 saturated heterocycles. The van der Waals surface area contributed by atoms with Gasteiger partial charge in [0.2, 0.25) is 5.91 Å². The topological polar surface area (TPSA) is 84.7 Å². The molecule has 3 aromatic rings. The summed E-state index contributed by atoms with van der Waals surface area (Å²) in [7, 11) is 0. The van der Waals surface area contributed by atoms with Gasteiger partial charge in [-0.1, -0.05) is 5.16 Å². The zero-order chi connectivity index (χ0) is 23.4. The second-order valence-corrected chi connectivity index (χ2v) is 8.47. The van der Waals surface area contributed by atoms with Gasteiger partial charge in [-0.05, 0) is 69.6 Å². The Bertz CT molecular complexity index is 1150. The van der Waals surface area contributed by atoms with Crippen molar-refractivity contribution in [2.24, 2.45) is 0 Å². The number of nitrogens with zero attached hydrogens (tertiary/aromatic N) is 2. The van der Waals surface area contributed by atoms with Crippen molar-refractivity contribution < 1.29 is 23.2 Å². The second kappa shape index (κ2) is 10.1. The van der Waals surface area contributed by atoms with Crippen molar-refractivity contribution in [2.45, 2.75) is 39.0 Å². The summed E-state index contributed by atoms with van der Waals surface area (Å²) in [5.74, 6) is 1.11. The molecular formula is C25H28FN3O4. The van der Waals surface area contributed by atoms with E-state index in [-0.39, 0.29) is 23.4 Å². The third kappa shape index (κ3) is 5.57. The number of carbonyl (C=O) groups is 2. The number of rotatable bonds is 8. The van der Waals surface area contributed by atoms with Crippen LogP contribution in [0.15, 0.2) is 40.9 Å². The number of Topliss-reactive ketones (excluding diaryl/α,β-unsaturated/α-hetero) is 1. The Balaban J connectivity index is 1.26. The van der Waals surface area contributed by atoms with Crippen LogP contribution in [-0.4, -0.2) is 48.0 Å². The van der Waals surface area contributed by atoms with Crippen LogP contribution in [0.4, 0.5) is 10.1 Å². The number of likely N-dealkylation sites (tertiary alicyclic amines) is 1. The smallest absolute Gasteiger partial charge is 0.221 e. The largest absolute Gasteiger partial charge is 0.491 e. The van der Waals surface area contributed by atoms with Crippen LogP contribution >= 0.6 is 0 Å². The average molecular weight is 454 g/mol. The Kier molecular flexibility index (Phi) is 7.03. The molecule has 1 amide bonds. The number of benzene rings is 2. The summed E-state index contributed by atoms with van der Waals surface area (Å²) in [6, 6.07) is 9.67. The van der Waals surface area contributed by atoms with Gasteiger partial charge < -0.3 is 19.5 Å². The summed E-state index contributed by atoms with van der Waals surface area (Å²) in [4.78, 5) is 25.5. The predicted octanol–water partition coefficient (Wildman–Crippen LogP) is 4.78. The maximum absolute atomic E-state index is 13.4. The number of ether oxygens (including phenoxy) is 1. The highest BCUT2D eigenvalue weighted by Gasteiger charge is 2.25. The fraction of sp³-hybridized carbons (Fsp3) is 0.400. The first-order valence-electron chi connectivity index (χ1n) is 11.2. The summed E-state index contributed by atoms with van der Waals surface area (Å²) in [6.45, 7) is 6.20. The first-order valence-corrected chi connectivity index (χ1v) is 11.2. The van der Waals surface area contributed by atoms with Crippen molar-refractivity contribution in [1.29, 1.82) is 0 Å². The Morgan fingerprint density at radius 2 is 1.97 bits per heavy atom. The second-order valence-electron chi connectivity index (χ2n) is 8.47. The van der Waals surface area contributed by atoms with Crippen molar-refractivity contribution in [3.05, 3.63) is 53.5 Å². The van der Waals surface area contributed by atoms with Crippen LogP contribution in [0.2, 0.25) is 0 Å². The SMILES string of the molecule is CC(=O)Nc1cc(C(C)=O)ccc1OCCCN1CCC(c2onc3cc(F)ccc23)CC1. The van der Waals surface area contributed by atoms with Crippen molar-refractivity contribution >= 4 is 28.3 Å². The Hall–Kier alpha value is -3.26. The molecule has 1 fully saturated rings. The van der Waals surface area contributed by atoms with Gasteiger partial charge in [-0.15, -0.1) is 0 Å². The zero-order valence-electron chi connectivity index (χ0n) is 18.9. The number of fused-ring (bicyclic) bond motifs is 1. The minimum absolute atomic E-state index is 0.0676. The van der Waals surface area contributed by atoms with E-state index in [1.807, 2.05) is 0 Å². The molecule has 0 saturated carbocycles. The lowest BCUT2D eigenvalue weighted by atomic mass is 9.92. The highest BCUT2D eigenvalue weighted by molar-refractivity contribution is 5.97. The maximum atomic E-state index is 13.4. The van der Waals surface area contributed by atoms with Crippen LogP contribution in [0.1, 0.15) is 55.1 Å². The van der Waals surface area contributed by atoms with Crippen molar-refractivity contribution in [3.8, 4) is 5.75 Å². The van der Waals surface area contributed by atoms with Gasteiger partial charge in [-0.25, -0.2) is 4.39 Å². The number of halogens is 1. The fourth-order valence-corrected chi connectivity index (χ4v) is 4.28. The Labute approximate surface area is 191 Å². The highest BCUT2D eigenvalue weighted by Crippen LogP contribution is 2.33. The van der Waals surface area contributed by atoms with Gasteiger partial charge >= 0.3 is 0 Å². The molecule has 8 heteroatoms. The van der Waals surface area contributed by atoms with Gasteiger partial charge in [0, 0.05) is 36.4 Å². The molecule has 1 aliphatic heterocycles. The van der Waals surface area contributed by atoms with Crippen LogP contribution < -0.4 is 10.1 Å². The molecule has 174 valence electrons. The van der Waals surface area contributed by atoms with E-state index >= 15 is 0 Å². The molecule has 0 unspecified atom stereocenters. The van der Waals surface area contributed by atoms with Crippen LogP contribution in [0.25, 0.3) is 10.9 Å². The van der Waals surface area contributed by atoms with E-state index in [4.69, 9.17) is 9.26 Å². The molecule has 2 heterocycles. The molecule has 33 heavy (non-hydrogen) atoms. The third-order valence-electron chi connectivity index (χ3n) is 6.00. The van der Waals surface area contributed by atoms with E-state index < -0.39 is 0 Å². The molecular weight excluding hydrogens is 425 g/mol. The van der Waals surface area contributed by atoms with Crippen molar-refractivity contribution in [3.63, 3.8) is 0 Å². The summed E-state index contributed by atoms with van der Waals surface area (Å²) in [5.41, 5.74) is 1.60. The van der Waals surface area contributed by atoms with E-state index in [0.29, 0.717) is 29.1 Å². The highest BCUT2D eigenvalue weighted by atomic mass is 19.1. The lowest BCUT2D eigenvalue weighted by Crippen LogP contribution is -2.34. The number of piperidine rings is 1. The first kappa shape index (κ1) is 22.9. The average Bonchev–Trinajstić information content (AvgIpc) is 3.20. The molecule has 0 bridgehead atoms. The van der Waals surface area contributed by atoms with E-state index in [1.54, 1.807) is 24.3 Å². The van der Waals surface area contributed by atoms with Crippen LogP contribution in [-0.2, 0) is 4.79 Å². The summed E-state index contributed by atoms with van der Waals surface area (Å²) in [6.07, 6.45) is 2.76. The van der Waals surface area contributed by atoms with Crippen LogP contribution in [0.5, 0.6) is 5.75 Å². The number of nitrogens with one attached hydrogen (secondary N) is 1. The quantitative estimate of drug-likeness (QED) is 0.390. The molecule has 0 aliphatic carbocycles. The van der Waals surface area contributed by atoms with Gasteiger partial charge in [-0.2, -0.15) is 0 Å². The molecule has 7 nitrogen and oxygen atoms in total. The van der Waals surface area contributed by atoms with Crippen molar-refractivity contribution in [1.82, 2.24) is 10.1 Å². The standard InChI is InChI=1S/C25H28FN3O4/c1-16(30)19-4-7-24(23(14-19)27-17(2)31)32-13-3-10-29-11-8-18(9-12-29)25-21-6-5-20(26)15-22(21)28-33-25/h4-7,14-15,18H,3,8-13H2,1-2H3,(H,27,31). The molecule has 4 rings (SSSR count). The van der Waals surface area contributed by atoms with Crippen molar-refractivity contribution in [2.75, 3.05) is 31.6 Å². The minimum Gasteiger partial charge on any atom is -0.491 e. The molecule has 0 spiro atoms. The minimum atomic E-state index is -0.307. The number of aromatic nitrogens is 1. The summed E-state index contributed by atoms with van der Waals surface area (Å²) < 4.78 is 24.8. The van der Waals surface area contributed by atoms with Gasteiger partial charge in [-0.3, -0.25) is 9.59 Å². The van der Waals surface area contributed by atoms with Gasteiger partial charge in [0.1, 0.15) is 22.8 Å². The molecule has 0 atom stereocenters. The molecule has 0 radical (unpaired) electrons. The lowest BCUT2D eigenvalue weighted by molar-refractivity contribution is -0.114. The first-order chi connectivity index (χ1) is 15.9. The summed E-state index contributed by atoms with van der Waals surface area (Å²) in [5, 5.41) is 7.64. The number of ketones is 1.